The average Bonchev–Trinajstić information content (AvgIpc) is 2.77. The largest absolute Gasteiger partial charge is 0.493 e. The molecule has 3 rings (SSSR count). The minimum Gasteiger partial charge on any atom is -0.493 e. The van der Waals surface area contributed by atoms with Crippen LogP contribution in [0.1, 0.15) is 16.8 Å². The Morgan fingerprint density at radius 1 is 0.967 bits per heavy atom. The molecule has 8 heteroatoms. The van der Waals surface area contributed by atoms with Gasteiger partial charge < -0.3 is 14.2 Å². The van der Waals surface area contributed by atoms with Gasteiger partial charge in [0.25, 0.3) is 0 Å². The van der Waals surface area contributed by atoms with Gasteiger partial charge in [-0.05, 0) is 48.4 Å². The molecule has 1 heterocycles. The number of pyridine rings is 1. The number of aromatic nitrogens is 1. The van der Waals surface area contributed by atoms with Gasteiger partial charge in [-0.1, -0.05) is 18.2 Å². The Morgan fingerprint density at radius 2 is 1.73 bits per heavy atom. The van der Waals surface area contributed by atoms with E-state index in [0.29, 0.717) is 29.4 Å². The second kappa shape index (κ2) is 9.60. The molecule has 0 spiro atoms. The Labute approximate surface area is 176 Å². The van der Waals surface area contributed by atoms with Crippen LogP contribution in [0.3, 0.4) is 0 Å². The van der Waals surface area contributed by atoms with Gasteiger partial charge in [0.1, 0.15) is 12.4 Å². The van der Waals surface area contributed by atoms with Gasteiger partial charge >= 0.3 is 0 Å². The molecule has 3 aromatic rings. The topological polar surface area (TPSA) is 86.8 Å². The number of methoxy groups -OCH3 is 2. The fourth-order valence-electron chi connectivity index (χ4n) is 2.89. The molecule has 0 atom stereocenters. The van der Waals surface area contributed by atoms with Crippen molar-refractivity contribution in [2.24, 2.45) is 0 Å². The van der Waals surface area contributed by atoms with Crippen molar-refractivity contribution in [1.82, 2.24) is 9.71 Å². The molecule has 0 aliphatic heterocycles. The zero-order valence-electron chi connectivity index (χ0n) is 17.1. The minimum absolute atomic E-state index is 0.122. The highest BCUT2D eigenvalue weighted by Crippen LogP contribution is 2.32. The summed E-state index contributed by atoms with van der Waals surface area (Å²) in [6.07, 6.45) is 1.71. The van der Waals surface area contributed by atoms with Gasteiger partial charge in [0.05, 0.1) is 24.8 Å². The van der Waals surface area contributed by atoms with Gasteiger partial charge in [0.2, 0.25) is 10.0 Å². The molecule has 0 unspecified atom stereocenters. The van der Waals surface area contributed by atoms with Crippen LogP contribution in [0.5, 0.6) is 17.2 Å². The van der Waals surface area contributed by atoms with Crippen molar-refractivity contribution in [3.63, 3.8) is 0 Å². The van der Waals surface area contributed by atoms with Gasteiger partial charge in [0, 0.05) is 18.8 Å². The number of sulfonamides is 1. The van der Waals surface area contributed by atoms with E-state index >= 15 is 0 Å². The number of benzene rings is 2. The van der Waals surface area contributed by atoms with E-state index in [1.54, 1.807) is 25.3 Å². The van der Waals surface area contributed by atoms with E-state index in [4.69, 9.17) is 14.2 Å². The lowest BCUT2D eigenvalue weighted by Crippen LogP contribution is -2.24. The summed E-state index contributed by atoms with van der Waals surface area (Å²) < 4.78 is 44.5. The van der Waals surface area contributed by atoms with Crippen molar-refractivity contribution < 1.29 is 22.6 Å². The van der Waals surface area contributed by atoms with E-state index in [0.717, 1.165) is 11.3 Å². The van der Waals surface area contributed by atoms with Crippen LogP contribution in [0.4, 0.5) is 0 Å². The highest BCUT2D eigenvalue weighted by Gasteiger charge is 2.20. The molecule has 158 valence electrons. The molecule has 0 saturated heterocycles. The van der Waals surface area contributed by atoms with Crippen LogP contribution >= 0.6 is 0 Å². The van der Waals surface area contributed by atoms with Crippen molar-refractivity contribution in [1.29, 1.82) is 0 Å². The molecule has 0 amide bonds. The number of aryl methyl sites for hydroxylation is 1. The van der Waals surface area contributed by atoms with Gasteiger partial charge in [-0.3, -0.25) is 4.98 Å². The molecule has 0 aliphatic rings. The van der Waals surface area contributed by atoms with Crippen molar-refractivity contribution in [3.8, 4) is 17.2 Å². The first-order chi connectivity index (χ1) is 14.4. The summed E-state index contributed by atoms with van der Waals surface area (Å²) in [6, 6.07) is 16.0. The Hall–Kier alpha value is -3.10. The molecule has 2 aromatic carbocycles. The van der Waals surface area contributed by atoms with Crippen LogP contribution in [-0.4, -0.2) is 27.6 Å². The second-order valence-corrected chi connectivity index (χ2v) is 8.29. The first-order valence-electron chi connectivity index (χ1n) is 9.27. The Bertz CT molecular complexity index is 1100. The lowest BCUT2D eigenvalue weighted by molar-refractivity contribution is 0.301. The van der Waals surface area contributed by atoms with Gasteiger partial charge in [-0.15, -0.1) is 0 Å². The zero-order chi connectivity index (χ0) is 21.6. The molecule has 0 fully saturated rings. The average molecular weight is 429 g/mol. The van der Waals surface area contributed by atoms with E-state index in [1.807, 2.05) is 36.4 Å². The van der Waals surface area contributed by atoms with Crippen molar-refractivity contribution in [2.75, 3.05) is 14.2 Å². The maximum Gasteiger partial charge on any atom is 0.241 e. The van der Waals surface area contributed by atoms with E-state index in [2.05, 4.69) is 9.71 Å². The summed E-state index contributed by atoms with van der Waals surface area (Å²) in [5.74, 6) is 1.47. The molecule has 0 radical (unpaired) electrons. The quantitative estimate of drug-likeness (QED) is 0.562. The third kappa shape index (κ3) is 5.28. The molecule has 1 aromatic heterocycles. The summed E-state index contributed by atoms with van der Waals surface area (Å²) in [5.41, 5.74) is 2.15. The Balaban J connectivity index is 1.70. The molecule has 30 heavy (non-hydrogen) atoms. The first kappa shape index (κ1) is 21.6. The third-order valence-electron chi connectivity index (χ3n) is 4.45. The van der Waals surface area contributed by atoms with Gasteiger partial charge in [-0.2, -0.15) is 0 Å². The maximum atomic E-state index is 12.8. The second-order valence-electron chi connectivity index (χ2n) is 6.55. The highest BCUT2D eigenvalue weighted by atomic mass is 32.2. The fraction of sp³-hybridized carbons (Fsp3) is 0.227. The molecule has 1 N–H and O–H groups in total. The van der Waals surface area contributed by atoms with Crippen molar-refractivity contribution in [3.05, 3.63) is 77.6 Å². The lowest BCUT2D eigenvalue weighted by Gasteiger charge is -2.14. The van der Waals surface area contributed by atoms with Crippen LogP contribution in [-0.2, 0) is 23.2 Å². The van der Waals surface area contributed by atoms with Crippen molar-refractivity contribution in [2.45, 2.75) is 25.0 Å². The standard InChI is InChI=1S/C22H24N2O5S/c1-16-11-20(27-2)21(28-3)13-22(16)30(25,26)24-14-17-7-6-9-19(12-17)29-15-18-8-4-5-10-23-18/h4-13,24H,14-15H2,1-3H3. The number of hydrogen-bond donors (Lipinski definition) is 1. The Kier molecular flexibility index (Phi) is 6.91. The molecule has 0 bridgehead atoms. The van der Waals surface area contributed by atoms with E-state index in [1.165, 1.54) is 20.3 Å². The molecular weight excluding hydrogens is 404 g/mol. The van der Waals surface area contributed by atoms with Crippen LogP contribution < -0.4 is 18.9 Å². The minimum atomic E-state index is -3.75. The van der Waals surface area contributed by atoms with Gasteiger partial charge in [0.15, 0.2) is 11.5 Å². The smallest absolute Gasteiger partial charge is 0.241 e. The van der Waals surface area contributed by atoms with E-state index in [-0.39, 0.29) is 11.4 Å². The van der Waals surface area contributed by atoms with Crippen molar-refractivity contribution >= 4 is 10.0 Å². The summed E-state index contributed by atoms with van der Waals surface area (Å²) >= 11 is 0. The highest BCUT2D eigenvalue weighted by molar-refractivity contribution is 7.89. The molecule has 0 saturated carbocycles. The number of ether oxygens (including phenoxy) is 3. The third-order valence-corrected chi connectivity index (χ3v) is 5.99. The maximum absolute atomic E-state index is 12.8. The predicted molar refractivity (Wildman–Crippen MR) is 113 cm³/mol. The number of nitrogens with one attached hydrogen (secondary N) is 1. The summed E-state index contributed by atoms with van der Waals surface area (Å²) in [6.45, 7) is 2.17. The first-order valence-corrected chi connectivity index (χ1v) is 10.7. The van der Waals surface area contributed by atoms with Gasteiger partial charge in [-0.25, -0.2) is 13.1 Å². The monoisotopic (exact) mass is 428 g/mol. The summed E-state index contributed by atoms with van der Waals surface area (Å²) in [7, 11) is -0.779. The predicted octanol–water partition coefficient (Wildman–Crippen LogP) is 3.46. The molecular formula is C22H24N2O5S. The summed E-state index contributed by atoms with van der Waals surface area (Å²) in [5, 5.41) is 0. The molecule has 0 aliphatic carbocycles. The number of rotatable bonds is 9. The number of nitrogens with zero attached hydrogens (tertiary/aromatic N) is 1. The fourth-order valence-corrected chi connectivity index (χ4v) is 4.15. The Morgan fingerprint density at radius 3 is 2.43 bits per heavy atom. The van der Waals surface area contributed by atoms with Crippen LogP contribution in [0.25, 0.3) is 0 Å². The zero-order valence-corrected chi connectivity index (χ0v) is 17.9. The normalized spacial score (nSPS) is 11.2. The van der Waals surface area contributed by atoms with Crippen LogP contribution in [0, 0.1) is 6.92 Å². The van der Waals surface area contributed by atoms with Crippen LogP contribution in [0.2, 0.25) is 0 Å². The SMILES string of the molecule is COc1cc(C)c(S(=O)(=O)NCc2cccc(OCc3ccccn3)c2)cc1OC. The summed E-state index contributed by atoms with van der Waals surface area (Å²) in [4.78, 5) is 4.36. The lowest BCUT2D eigenvalue weighted by atomic mass is 10.2. The number of hydrogen-bond acceptors (Lipinski definition) is 6. The molecule has 7 nitrogen and oxygen atoms in total. The van der Waals surface area contributed by atoms with Crippen LogP contribution in [0.15, 0.2) is 65.7 Å². The van der Waals surface area contributed by atoms with E-state index in [9.17, 15) is 8.42 Å². The van der Waals surface area contributed by atoms with E-state index < -0.39 is 10.0 Å².